The van der Waals surface area contributed by atoms with Crippen molar-refractivity contribution in [3.05, 3.63) is 63.9 Å². The number of nitrogens with zero attached hydrogens (tertiary/aromatic N) is 1. The number of amides is 2. The van der Waals surface area contributed by atoms with Crippen molar-refractivity contribution in [2.75, 3.05) is 0 Å². The molecule has 0 bridgehead atoms. The van der Waals surface area contributed by atoms with E-state index in [-0.39, 0.29) is 22.8 Å². The van der Waals surface area contributed by atoms with Crippen LogP contribution in [0.25, 0.3) is 0 Å². The second-order valence-corrected chi connectivity index (χ2v) is 6.72. The van der Waals surface area contributed by atoms with E-state index in [4.69, 9.17) is 23.2 Å². The highest BCUT2D eigenvalue weighted by atomic mass is 35.5. The minimum absolute atomic E-state index is 0.0828. The second-order valence-electron chi connectivity index (χ2n) is 5.90. The van der Waals surface area contributed by atoms with Crippen LogP contribution in [0.4, 0.5) is 0 Å². The van der Waals surface area contributed by atoms with Gasteiger partial charge in [0.1, 0.15) is 6.04 Å². The van der Waals surface area contributed by atoms with Gasteiger partial charge in [0.2, 0.25) is 5.91 Å². The molecule has 7 heteroatoms. The number of nitrogens with one attached hydrogen (secondary N) is 2. The zero-order chi connectivity index (χ0) is 18.4. The Bertz CT molecular complexity index is 751. The van der Waals surface area contributed by atoms with E-state index in [0.29, 0.717) is 17.1 Å². The van der Waals surface area contributed by atoms with E-state index >= 15 is 0 Å². The molecule has 0 aliphatic rings. The summed E-state index contributed by atoms with van der Waals surface area (Å²) in [7, 11) is 0. The van der Waals surface area contributed by atoms with Crippen molar-refractivity contribution in [3.63, 3.8) is 0 Å². The molecular weight excluding hydrogens is 361 g/mol. The molecule has 132 valence electrons. The minimum atomic E-state index is -0.668. The first-order valence-electron chi connectivity index (χ1n) is 7.81. The number of halogens is 2. The Labute approximate surface area is 156 Å². The van der Waals surface area contributed by atoms with Crippen molar-refractivity contribution in [3.8, 4) is 0 Å². The Kier molecular flexibility index (Phi) is 6.79. The number of aromatic nitrogens is 1. The fourth-order valence-electron chi connectivity index (χ4n) is 2.20. The van der Waals surface area contributed by atoms with Crippen LogP contribution in [0.15, 0.2) is 42.7 Å². The van der Waals surface area contributed by atoms with Gasteiger partial charge in [-0.15, -0.1) is 0 Å². The summed E-state index contributed by atoms with van der Waals surface area (Å²) in [6.45, 7) is 4.07. The summed E-state index contributed by atoms with van der Waals surface area (Å²) in [5, 5.41) is 6.22. The van der Waals surface area contributed by atoms with E-state index in [9.17, 15) is 9.59 Å². The lowest BCUT2D eigenvalue weighted by molar-refractivity contribution is -0.124. The SMILES string of the molecule is CC(C)[C@H](NC(=O)c1ccc(Cl)c(Cl)c1)C(=O)NCc1cccnc1. The molecule has 2 aromatic rings. The zero-order valence-electron chi connectivity index (χ0n) is 13.9. The van der Waals surface area contributed by atoms with Gasteiger partial charge in [0.25, 0.3) is 5.91 Å². The normalized spacial score (nSPS) is 11.9. The van der Waals surface area contributed by atoms with Crippen LogP contribution in [0.2, 0.25) is 10.0 Å². The van der Waals surface area contributed by atoms with Gasteiger partial charge in [-0.3, -0.25) is 14.6 Å². The Hall–Kier alpha value is -2.11. The van der Waals surface area contributed by atoms with Crippen molar-refractivity contribution in [2.24, 2.45) is 5.92 Å². The van der Waals surface area contributed by atoms with Crippen LogP contribution in [-0.2, 0) is 11.3 Å². The lowest BCUT2D eigenvalue weighted by Crippen LogP contribution is -2.49. The first-order chi connectivity index (χ1) is 11.9. The van der Waals surface area contributed by atoms with Crippen LogP contribution in [0, 0.1) is 5.92 Å². The highest BCUT2D eigenvalue weighted by molar-refractivity contribution is 6.42. The lowest BCUT2D eigenvalue weighted by atomic mass is 10.0. The fraction of sp³-hybridized carbons (Fsp3) is 0.278. The number of carbonyl (C=O) groups excluding carboxylic acids is 2. The molecule has 2 rings (SSSR count). The Morgan fingerprint density at radius 2 is 1.92 bits per heavy atom. The van der Waals surface area contributed by atoms with Crippen molar-refractivity contribution >= 4 is 35.0 Å². The summed E-state index contributed by atoms with van der Waals surface area (Å²) in [5.41, 5.74) is 1.23. The molecule has 5 nitrogen and oxygen atoms in total. The summed E-state index contributed by atoms with van der Waals surface area (Å²) in [5.74, 6) is -0.721. The Balaban J connectivity index is 2.02. The maximum absolute atomic E-state index is 12.5. The number of pyridine rings is 1. The molecule has 25 heavy (non-hydrogen) atoms. The highest BCUT2D eigenvalue weighted by Gasteiger charge is 2.24. The maximum atomic E-state index is 12.5. The smallest absolute Gasteiger partial charge is 0.251 e. The number of benzene rings is 1. The molecule has 0 aliphatic heterocycles. The van der Waals surface area contributed by atoms with E-state index in [0.717, 1.165) is 5.56 Å². The van der Waals surface area contributed by atoms with Gasteiger partial charge in [0.05, 0.1) is 10.0 Å². The van der Waals surface area contributed by atoms with Crippen molar-refractivity contribution < 1.29 is 9.59 Å². The molecule has 0 fully saturated rings. The van der Waals surface area contributed by atoms with Crippen molar-refractivity contribution in [1.82, 2.24) is 15.6 Å². The molecule has 1 aromatic heterocycles. The number of hydrogen-bond acceptors (Lipinski definition) is 3. The van der Waals surface area contributed by atoms with E-state index in [2.05, 4.69) is 15.6 Å². The Morgan fingerprint density at radius 1 is 1.16 bits per heavy atom. The largest absolute Gasteiger partial charge is 0.350 e. The summed E-state index contributed by atoms with van der Waals surface area (Å²) in [4.78, 5) is 28.9. The summed E-state index contributed by atoms with van der Waals surface area (Å²) in [6, 6.07) is 7.59. The van der Waals surface area contributed by atoms with Gasteiger partial charge in [-0.25, -0.2) is 0 Å². The van der Waals surface area contributed by atoms with Crippen LogP contribution in [-0.4, -0.2) is 22.8 Å². The van der Waals surface area contributed by atoms with Crippen LogP contribution in [0.3, 0.4) is 0 Å². The topological polar surface area (TPSA) is 71.1 Å². The predicted molar refractivity (Wildman–Crippen MR) is 98.6 cm³/mol. The van der Waals surface area contributed by atoms with Crippen LogP contribution in [0.1, 0.15) is 29.8 Å². The molecule has 0 saturated carbocycles. The van der Waals surface area contributed by atoms with E-state index in [1.54, 1.807) is 30.6 Å². The molecule has 2 N–H and O–H groups in total. The third-order valence-corrected chi connectivity index (χ3v) is 4.35. The van der Waals surface area contributed by atoms with E-state index in [1.165, 1.54) is 6.07 Å². The molecule has 0 unspecified atom stereocenters. The molecule has 1 aromatic carbocycles. The number of hydrogen-bond donors (Lipinski definition) is 2. The van der Waals surface area contributed by atoms with Crippen molar-refractivity contribution in [2.45, 2.75) is 26.4 Å². The van der Waals surface area contributed by atoms with Gasteiger partial charge in [0.15, 0.2) is 0 Å². The average molecular weight is 380 g/mol. The van der Waals surface area contributed by atoms with Crippen LogP contribution in [0.5, 0.6) is 0 Å². The zero-order valence-corrected chi connectivity index (χ0v) is 15.4. The van der Waals surface area contributed by atoms with Gasteiger partial charge < -0.3 is 10.6 Å². The second kappa shape index (κ2) is 8.83. The third-order valence-electron chi connectivity index (χ3n) is 3.61. The molecule has 0 spiro atoms. The fourth-order valence-corrected chi connectivity index (χ4v) is 2.50. The first kappa shape index (κ1) is 19.2. The predicted octanol–water partition coefficient (Wildman–Crippen LogP) is 3.46. The molecule has 1 heterocycles. The minimum Gasteiger partial charge on any atom is -0.350 e. The molecule has 1 atom stereocenters. The van der Waals surface area contributed by atoms with Gasteiger partial charge in [-0.05, 0) is 35.7 Å². The first-order valence-corrected chi connectivity index (χ1v) is 8.56. The summed E-state index contributed by atoms with van der Waals surface area (Å²) < 4.78 is 0. The summed E-state index contributed by atoms with van der Waals surface area (Å²) in [6.07, 6.45) is 3.35. The van der Waals surface area contributed by atoms with E-state index < -0.39 is 6.04 Å². The van der Waals surface area contributed by atoms with Gasteiger partial charge in [0, 0.05) is 24.5 Å². The van der Waals surface area contributed by atoms with Crippen LogP contribution < -0.4 is 10.6 Å². The third kappa shape index (κ3) is 5.44. The molecule has 0 aliphatic carbocycles. The Morgan fingerprint density at radius 3 is 2.52 bits per heavy atom. The molecule has 2 amide bonds. The standard InChI is InChI=1S/C18H19Cl2N3O2/c1-11(2)16(18(25)22-10-12-4-3-7-21-9-12)23-17(24)13-5-6-14(19)15(20)8-13/h3-9,11,16H,10H2,1-2H3,(H,22,25)(H,23,24)/t16-/m0/s1. The molecule has 0 radical (unpaired) electrons. The molecule has 0 saturated heterocycles. The molecular formula is C18H19Cl2N3O2. The maximum Gasteiger partial charge on any atom is 0.251 e. The summed E-state index contributed by atoms with van der Waals surface area (Å²) >= 11 is 11.8. The number of carbonyl (C=O) groups is 2. The quantitative estimate of drug-likeness (QED) is 0.806. The van der Waals surface area contributed by atoms with Crippen LogP contribution >= 0.6 is 23.2 Å². The highest BCUT2D eigenvalue weighted by Crippen LogP contribution is 2.22. The average Bonchev–Trinajstić information content (AvgIpc) is 2.60. The van der Waals surface area contributed by atoms with Gasteiger partial charge >= 0.3 is 0 Å². The van der Waals surface area contributed by atoms with Gasteiger partial charge in [-0.1, -0.05) is 43.1 Å². The van der Waals surface area contributed by atoms with Crippen molar-refractivity contribution in [1.29, 1.82) is 0 Å². The monoisotopic (exact) mass is 379 g/mol. The van der Waals surface area contributed by atoms with Gasteiger partial charge in [-0.2, -0.15) is 0 Å². The number of rotatable bonds is 6. The lowest BCUT2D eigenvalue weighted by Gasteiger charge is -2.22. The van der Waals surface area contributed by atoms with E-state index in [1.807, 2.05) is 19.9 Å².